The second-order valence-corrected chi connectivity index (χ2v) is 4.98. The second kappa shape index (κ2) is 5.40. The molecule has 0 saturated carbocycles. The summed E-state index contributed by atoms with van der Waals surface area (Å²) in [6, 6.07) is 3.91. The van der Waals surface area contributed by atoms with E-state index in [2.05, 4.69) is 35.7 Å². The average molecular weight is 259 g/mol. The Bertz CT molecular complexity index is 602. The standard InChI is InChI=1S/C14H17N3S/c1-4-10-8-15-6-5-11(10)14-16-12(9(2)3)7-13(18)17-14/h5-9H,4H2,1-3H3,(H,16,17,18). The van der Waals surface area contributed by atoms with Crippen LogP contribution < -0.4 is 0 Å². The molecule has 0 bridgehead atoms. The third-order valence-electron chi connectivity index (χ3n) is 2.93. The molecule has 0 aliphatic carbocycles. The smallest absolute Gasteiger partial charge is 0.139 e. The van der Waals surface area contributed by atoms with E-state index in [4.69, 9.17) is 12.2 Å². The van der Waals surface area contributed by atoms with Gasteiger partial charge in [-0.05, 0) is 30.0 Å². The highest BCUT2D eigenvalue weighted by Crippen LogP contribution is 2.21. The van der Waals surface area contributed by atoms with Crippen LogP contribution in [0.3, 0.4) is 0 Å². The number of aromatic amines is 1. The first-order valence-corrected chi connectivity index (χ1v) is 6.57. The first-order valence-electron chi connectivity index (χ1n) is 6.16. The molecule has 2 heterocycles. The molecule has 18 heavy (non-hydrogen) atoms. The summed E-state index contributed by atoms with van der Waals surface area (Å²) in [5.74, 6) is 1.24. The van der Waals surface area contributed by atoms with E-state index in [1.165, 1.54) is 5.56 Å². The molecule has 2 aromatic rings. The highest BCUT2D eigenvalue weighted by molar-refractivity contribution is 7.71. The van der Waals surface area contributed by atoms with Crippen molar-refractivity contribution in [3.63, 3.8) is 0 Å². The molecule has 0 aliphatic rings. The second-order valence-electron chi connectivity index (χ2n) is 4.56. The van der Waals surface area contributed by atoms with Gasteiger partial charge < -0.3 is 4.98 Å². The lowest BCUT2D eigenvalue weighted by Gasteiger charge is -2.10. The number of nitrogens with zero attached hydrogens (tertiary/aromatic N) is 2. The fourth-order valence-electron chi connectivity index (χ4n) is 1.85. The number of aryl methyl sites for hydroxylation is 1. The molecule has 0 amide bonds. The molecule has 0 atom stereocenters. The maximum Gasteiger partial charge on any atom is 0.139 e. The van der Waals surface area contributed by atoms with E-state index in [0.717, 1.165) is 23.5 Å². The molecular weight excluding hydrogens is 242 g/mol. The fraction of sp³-hybridized carbons (Fsp3) is 0.357. The minimum Gasteiger partial charge on any atom is -0.343 e. The Hall–Kier alpha value is -1.55. The summed E-state index contributed by atoms with van der Waals surface area (Å²) in [5, 5.41) is 0. The molecule has 0 aliphatic heterocycles. The molecule has 0 unspecified atom stereocenters. The van der Waals surface area contributed by atoms with E-state index in [1.807, 2.05) is 18.3 Å². The van der Waals surface area contributed by atoms with Crippen molar-refractivity contribution >= 4 is 12.2 Å². The van der Waals surface area contributed by atoms with Gasteiger partial charge in [0.05, 0.1) is 0 Å². The Morgan fingerprint density at radius 1 is 1.39 bits per heavy atom. The molecule has 4 heteroatoms. The summed E-state index contributed by atoms with van der Waals surface area (Å²) in [6.45, 7) is 6.39. The molecule has 1 N–H and O–H groups in total. The SMILES string of the molecule is CCc1cnccc1-c1nc(=S)cc(C(C)C)[nH]1. The summed E-state index contributed by atoms with van der Waals surface area (Å²) < 4.78 is 0.631. The lowest BCUT2D eigenvalue weighted by molar-refractivity contribution is 0.814. The van der Waals surface area contributed by atoms with Crippen LogP contribution in [0, 0.1) is 4.64 Å². The van der Waals surface area contributed by atoms with Gasteiger partial charge in [-0.25, -0.2) is 4.98 Å². The molecular formula is C14H17N3S. The molecule has 0 spiro atoms. The number of hydrogen-bond donors (Lipinski definition) is 1. The van der Waals surface area contributed by atoms with Crippen LogP contribution >= 0.6 is 12.2 Å². The summed E-state index contributed by atoms with van der Waals surface area (Å²) in [7, 11) is 0. The first kappa shape index (κ1) is 12.9. The van der Waals surface area contributed by atoms with Crippen molar-refractivity contribution in [1.82, 2.24) is 15.0 Å². The van der Waals surface area contributed by atoms with Crippen LogP contribution in [0.15, 0.2) is 24.5 Å². The number of pyridine rings is 1. The van der Waals surface area contributed by atoms with E-state index in [1.54, 1.807) is 6.20 Å². The van der Waals surface area contributed by atoms with Crippen molar-refractivity contribution in [3.8, 4) is 11.4 Å². The largest absolute Gasteiger partial charge is 0.343 e. The van der Waals surface area contributed by atoms with Crippen LogP contribution in [0.5, 0.6) is 0 Å². The molecule has 3 nitrogen and oxygen atoms in total. The predicted molar refractivity (Wildman–Crippen MR) is 76.1 cm³/mol. The topological polar surface area (TPSA) is 41.6 Å². The molecule has 0 fully saturated rings. The molecule has 0 saturated heterocycles. The van der Waals surface area contributed by atoms with Crippen molar-refractivity contribution in [2.45, 2.75) is 33.1 Å². The Morgan fingerprint density at radius 2 is 2.17 bits per heavy atom. The normalized spacial score (nSPS) is 10.9. The Balaban J connectivity index is 2.60. The minimum atomic E-state index is 0.403. The van der Waals surface area contributed by atoms with Crippen LogP contribution in [-0.4, -0.2) is 15.0 Å². The molecule has 0 aromatic carbocycles. The monoisotopic (exact) mass is 259 g/mol. The summed E-state index contributed by atoms with van der Waals surface area (Å²) >= 11 is 5.24. The summed E-state index contributed by atoms with van der Waals surface area (Å²) in [5.41, 5.74) is 3.38. The van der Waals surface area contributed by atoms with Crippen molar-refractivity contribution < 1.29 is 0 Å². The van der Waals surface area contributed by atoms with Crippen LogP contribution in [0.1, 0.15) is 37.9 Å². The van der Waals surface area contributed by atoms with Gasteiger partial charge in [-0.1, -0.05) is 33.0 Å². The molecule has 0 radical (unpaired) electrons. The lowest BCUT2D eigenvalue weighted by atomic mass is 10.1. The quantitative estimate of drug-likeness (QED) is 0.850. The van der Waals surface area contributed by atoms with Crippen molar-refractivity contribution in [2.75, 3.05) is 0 Å². The predicted octanol–water partition coefficient (Wildman–Crippen LogP) is 3.89. The van der Waals surface area contributed by atoms with Gasteiger partial charge in [0.1, 0.15) is 10.5 Å². The van der Waals surface area contributed by atoms with E-state index < -0.39 is 0 Å². The fourth-order valence-corrected chi connectivity index (χ4v) is 2.07. The zero-order valence-electron chi connectivity index (χ0n) is 10.9. The Kier molecular flexibility index (Phi) is 3.87. The van der Waals surface area contributed by atoms with Gasteiger partial charge in [-0.2, -0.15) is 0 Å². The molecule has 94 valence electrons. The van der Waals surface area contributed by atoms with Crippen molar-refractivity contribution in [1.29, 1.82) is 0 Å². The molecule has 2 aromatic heterocycles. The van der Waals surface area contributed by atoms with Gasteiger partial charge in [0.25, 0.3) is 0 Å². The summed E-state index contributed by atoms with van der Waals surface area (Å²) in [6.07, 6.45) is 4.60. The van der Waals surface area contributed by atoms with Gasteiger partial charge in [-0.3, -0.25) is 4.98 Å². The van der Waals surface area contributed by atoms with Gasteiger partial charge in [0.15, 0.2) is 0 Å². The Morgan fingerprint density at radius 3 is 2.83 bits per heavy atom. The van der Waals surface area contributed by atoms with Crippen molar-refractivity contribution in [2.24, 2.45) is 0 Å². The van der Waals surface area contributed by atoms with Gasteiger partial charge in [-0.15, -0.1) is 0 Å². The maximum absolute atomic E-state index is 5.24. The van der Waals surface area contributed by atoms with Crippen molar-refractivity contribution in [3.05, 3.63) is 40.4 Å². The van der Waals surface area contributed by atoms with Crippen LogP contribution in [-0.2, 0) is 6.42 Å². The highest BCUT2D eigenvalue weighted by atomic mass is 32.1. The Labute approximate surface area is 112 Å². The van der Waals surface area contributed by atoms with Crippen LogP contribution in [0.4, 0.5) is 0 Å². The van der Waals surface area contributed by atoms with Crippen LogP contribution in [0.25, 0.3) is 11.4 Å². The highest BCUT2D eigenvalue weighted by Gasteiger charge is 2.08. The number of H-pyrrole nitrogens is 1. The first-order chi connectivity index (χ1) is 8.61. The summed E-state index contributed by atoms with van der Waals surface area (Å²) in [4.78, 5) is 12.0. The zero-order chi connectivity index (χ0) is 13.1. The van der Waals surface area contributed by atoms with E-state index in [-0.39, 0.29) is 0 Å². The van der Waals surface area contributed by atoms with Gasteiger partial charge in [0, 0.05) is 23.7 Å². The van der Waals surface area contributed by atoms with Gasteiger partial charge in [0.2, 0.25) is 0 Å². The lowest BCUT2D eigenvalue weighted by Crippen LogP contribution is -2.00. The third-order valence-corrected chi connectivity index (χ3v) is 3.13. The average Bonchev–Trinajstić information content (AvgIpc) is 2.38. The van der Waals surface area contributed by atoms with Gasteiger partial charge >= 0.3 is 0 Å². The molecule has 2 rings (SSSR count). The van der Waals surface area contributed by atoms with Crippen LogP contribution in [0.2, 0.25) is 0 Å². The van der Waals surface area contributed by atoms with E-state index >= 15 is 0 Å². The zero-order valence-corrected chi connectivity index (χ0v) is 11.7. The minimum absolute atomic E-state index is 0.403. The number of nitrogens with one attached hydrogen (secondary N) is 1. The maximum atomic E-state index is 5.24. The van der Waals surface area contributed by atoms with E-state index in [0.29, 0.717) is 10.6 Å². The van der Waals surface area contributed by atoms with E-state index in [9.17, 15) is 0 Å². The number of aromatic nitrogens is 3. The number of rotatable bonds is 3. The number of hydrogen-bond acceptors (Lipinski definition) is 3. The third kappa shape index (κ3) is 2.64.